The molecule has 7 nitrogen and oxygen atoms in total. The summed E-state index contributed by atoms with van der Waals surface area (Å²) >= 11 is 0. The molecule has 5 aromatic carbocycles. The second kappa shape index (κ2) is 13.8. The van der Waals surface area contributed by atoms with Crippen LogP contribution in [-0.2, 0) is 20.8 Å². The Balaban J connectivity index is 1.68. The molecule has 1 aliphatic rings. The van der Waals surface area contributed by atoms with Gasteiger partial charge in [-0.15, -0.1) is 0 Å². The lowest BCUT2D eigenvalue weighted by Gasteiger charge is -2.39. The molecule has 0 aliphatic carbocycles. The quantitative estimate of drug-likeness (QED) is 0.143. The Kier molecular flexibility index (Phi) is 9.55. The molecule has 9 heteroatoms. The molecule has 0 N–H and O–H groups in total. The number of sulfone groups is 1. The number of methoxy groups -OCH3 is 3. The molecule has 0 bridgehead atoms. The zero-order valence-corrected chi connectivity index (χ0v) is 28.3. The monoisotopic (exact) mass is 667 g/mol. The smallest absolute Gasteiger partial charge is 0.208 e. The van der Waals surface area contributed by atoms with Gasteiger partial charge in [-0.1, -0.05) is 84.9 Å². The number of nitrogens with zero attached hydrogens (tertiary/aromatic N) is 1. The number of hydrogen-bond donors (Lipinski definition) is 0. The van der Waals surface area contributed by atoms with Crippen molar-refractivity contribution in [3.63, 3.8) is 0 Å². The summed E-state index contributed by atoms with van der Waals surface area (Å²) in [4.78, 5) is 0.219. The van der Waals surface area contributed by atoms with Gasteiger partial charge in [-0.2, -0.15) is 0 Å². The summed E-state index contributed by atoms with van der Waals surface area (Å²) in [7, 11) is -3.06. The molecule has 47 heavy (non-hydrogen) atoms. The number of hydrogen-bond acceptors (Lipinski definition) is 6. The summed E-state index contributed by atoms with van der Waals surface area (Å²) in [6.07, 6.45) is 0.739. The average Bonchev–Trinajstić information content (AvgIpc) is 3.52. The normalized spacial score (nSPS) is 18.5. The van der Waals surface area contributed by atoms with E-state index in [2.05, 4.69) is 0 Å². The van der Waals surface area contributed by atoms with E-state index in [0.29, 0.717) is 39.8 Å². The van der Waals surface area contributed by atoms with Crippen molar-refractivity contribution in [3.05, 3.63) is 145 Å². The fourth-order valence-corrected chi connectivity index (χ4v) is 12.1. The minimum atomic E-state index is -3.95. The standard InChI is InChI=1S/C38H38NO6PS/c1-43-34-25-29(26-35(44-2)38(34)45-3)37-36(47(41,42)33-22-14-7-15-23-33)27-30(24-28-16-8-4-9-17-28)39(37)46(40,31-18-10-5-11-19-31)32-20-12-6-13-21-32/h4-23,25-26,30,36-37H,24,27H2,1-3H3/t30-,36-,37+/m0/s1. The van der Waals surface area contributed by atoms with Crippen LogP contribution in [0.25, 0.3) is 0 Å². The van der Waals surface area contributed by atoms with Gasteiger partial charge in [-0.3, -0.25) is 4.57 Å². The highest BCUT2D eigenvalue weighted by Crippen LogP contribution is 2.61. The van der Waals surface area contributed by atoms with Crippen LogP contribution in [0.1, 0.15) is 23.6 Å². The van der Waals surface area contributed by atoms with E-state index in [1.165, 1.54) is 21.3 Å². The molecule has 0 spiro atoms. The highest BCUT2D eigenvalue weighted by molar-refractivity contribution is 7.92. The molecule has 0 aromatic heterocycles. The summed E-state index contributed by atoms with van der Waals surface area (Å²) in [5.41, 5.74) is 1.63. The molecule has 6 rings (SSSR count). The van der Waals surface area contributed by atoms with Crippen LogP contribution in [0.15, 0.2) is 138 Å². The first-order valence-corrected chi connectivity index (χ1v) is 18.7. The molecule has 3 atom stereocenters. The Bertz CT molecular complexity index is 1890. The summed E-state index contributed by atoms with van der Waals surface area (Å²) in [6.45, 7) is 0. The zero-order valence-electron chi connectivity index (χ0n) is 26.6. The third-order valence-electron chi connectivity index (χ3n) is 8.87. The first kappa shape index (κ1) is 32.6. The third-order valence-corrected chi connectivity index (χ3v) is 14.3. The third kappa shape index (κ3) is 6.09. The van der Waals surface area contributed by atoms with Crippen molar-refractivity contribution in [1.82, 2.24) is 4.67 Å². The summed E-state index contributed by atoms with van der Waals surface area (Å²) in [5, 5.41) is 0.293. The summed E-state index contributed by atoms with van der Waals surface area (Å²) in [5.74, 6) is 1.16. The van der Waals surface area contributed by atoms with Crippen molar-refractivity contribution in [3.8, 4) is 17.2 Å². The molecule has 0 amide bonds. The SMILES string of the molecule is COc1cc([C@@H]2[C@@H](S(=O)(=O)c3ccccc3)C[C@H](Cc3ccccc3)N2P(=O)(c2ccccc2)c2ccccc2)cc(OC)c1OC. The lowest BCUT2D eigenvalue weighted by Crippen LogP contribution is -2.39. The van der Waals surface area contributed by atoms with Gasteiger partial charge in [-0.05, 0) is 72.5 Å². The van der Waals surface area contributed by atoms with Crippen LogP contribution in [-0.4, -0.2) is 45.7 Å². The van der Waals surface area contributed by atoms with Crippen LogP contribution in [0.2, 0.25) is 0 Å². The van der Waals surface area contributed by atoms with E-state index in [-0.39, 0.29) is 11.3 Å². The summed E-state index contributed by atoms with van der Waals surface area (Å²) < 4.78 is 65.0. The summed E-state index contributed by atoms with van der Waals surface area (Å²) in [6, 6.07) is 39.6. The molecule has 1 heterocycles. The van der Waals surface area contributed by atoms with Crippen LogP contribution in [0.5, 0.6) is 17.2 Å². The van der Waals surface area contributed by atoms with Gasteiger partial charge in [-0.25, -0.2) is 13.1 Å². The Morgan fingerprint density at radius 2 is 1.15 bits per heavy atom. The van der Waals surface area contributed by atoms with Gasteiger partial charge >= 0.3 is 0 Å². The molecule has 0 radical (unpaired) electrons. The van der Waals surface area contributed by atoms with Crippen molar-refractivity contribution in [2.75, 3.05) is 21.3 Å². The van der Waals surface area contributed by atoms with Crippen molar-refractivity contribution in [2.45, 2.75) is 35.1 Å². The lowest BCUT2D eigenvalue weighted by atomic mass is 10.0. The van der Waals surface area contributed by atoms with Crippen LogP contribution in [0, 0.1) is 0 Å². The molecular weight excluding hydrogens is 629 g/mol. The Morgan fingerprint density at radius 1 is 0.681 bits per heavy atom. The predicted octanol–water partition coefficient (Wildman–Crippen LogP) is 6.84. The minimum absolute atomic E-state index is 0.219. The Hall–Kier alpha value is -4.36. The maximum Gasteiger partial charge on any atom is 0.208 e. The topological polar surface area (TPSA) is 82.1 Å². The second-order valence-electron chi connectivity index (χ2n) is 11.5. The van der Waals surface area contributed by atoms with Gasteiger partial charge in [0.25, 0.3) is 0 Å². The van der Waals surface area contributed by atoms with Crippen LogP contribution >= 0.6 is 7.29 Å². The first-order chi connectivity index (χ1) is 22.8. The Labute approximate surface area is 277 Å². The van der Waals surface area contributed by atoms with Gasteiger partial charge in [0.1, 0.15) is 0 Å². The van der Waals surface area contributed by atoms with E-state index < -0.39 is 34.5 Å². The van der Waals surface area contributed by atoms with Crippen molar-refractivity contribution >= 4 is 27.7 Å². The molecule has 5 aromatic rings. The van der Waals surface area contributed by atoms with Gasteiger partial charge in [0.05, 0.1) is 37.5 Å². The van der Waals surface area contributed by atoms with Gasteiger partial charge in [0, 0.05) is 16.7 Å². The van der Waals surface area contributed by atoms with Crippen LogP contribution in [0.3, 0.4) is 0 Å². The molecule has 1 fully saturated rings. The number of rotatable bonds is 11. The average molecular weight is 668 g/mol. The minimum Gasteiger partial charge on any atom is -0.493 e. The Morgan fingerprint density at radius 3 is 1.62 bits per heavy atom. The van der Waals surface area contributed by atoms with Crippen LogP contribution in [0.4, 0.5) is 0 Å². The fraction of sp³-hybridized carbons (Fsp3) is 0.211. The van der Waals surface area contributed by atoms with Crippen molar-refractivity contribution in [2.24, 2.45) is 0 Å². The van der Waals surface area contributed by atoms with Crippen molar-refractivity contribution in [1.29, 1.82) is 0 Å². The molecule has 1 saturated heterocycles. The molecule has 242 valence electrons. The van der Waals surface area contributed by atoms with Crippen molar-refractivity contribution < 1.29 is 27.2 Å². The van der Waals surface area contributed by atoms with E-state index in [0.717, 1.165) is 5.56 Å². The van der Waals surface area contributed by atoms with E-state index in [4.69, 9.17) is 14.2 Å². The predicted molar refractivity (Wildman–Crippen MR) is 186 cm³/mol. The van der Waals surface area contributed by atoms with E-state index in [1.807, 2.05) is 95.7 Å². The van der Waals surface area contributed by atoms with E-state index in [9.17, 15) is 8.42 Å². The molecular formula is C38H38NO6PS. The van der Waals surface area contributed by atoms with E-state index in [1.54, 1.807) is 42.5 Å². The van der Waals surface area contributed by atoms with Gasteiger partial charge in [0.15, 0.2) is 21.3 Å². The van der Waals surface area contributed by atoms with Crippen LogP contribution < -0.4 is 24.8 Å². The molecule has 1 aliphatic heterocycles. The fourth-order valence-electron chi connectivity index (χ4n) is 6.77. The number of ether oxygens (including phenoxy) is 3. The maximum atomic E-state index is 16.3. The van der Waals surface area contributed by atoms with E-state index >= 15 is 4.57 Å². The lowest BCUT2D eigenvalue weighted by molar-refractivity contribution is 0.313. The highest BCUT2D eigenvalue weighted by Gasteiger charge is 2.55. The zero-order chi connectivity index (χ0) is 33.0. The largest absolute Gasteiger partial charge is 0.493 e. The molecule has 0 unspecified atom stereocenters. The van der Waals surface area contributed by atoms with Gasteiger partial charge < -0.3 is 14.2 Å². The number of benzene rings is 5. The van der Waals surface area contributed by atoms with Gasteiger partial charge in [0.2, 0.25) is 13.0 Å². The second-order valence-corrected chi connectivity index (χ2v) is 16.3. The molecule has 0 saturated carbocycles. The highest BCUT2D eigenvalue weighted by atomic mass is 32.2. The first-order valence-electron chi connectivity index (χ1n) is 15.5. The maximum absolute atomic E-state index is 16.3.